The van der Waals surface area contributed by atoms with Gasteiger partial charge in [0.15, 0.2) is 0 Å². The fourth-order valence-electron chi connectivity index (χ4n) is 1.74. The molecule has 0 aliphatic rings. The van der Waals surface area contributed by atoms with Crippen molar-refractivity contribution in [3.8, 4) is 0 Å². The molecular weight excluding hydrogens is 306 g/mol. The highest BCUT2D eigenvalue weighted by Gasteiger charge is 2.09. The van der Waals surface area contributed by atoms with Gasteiger partial charge in [-0.15, -0.1) is 0 Å². The van der Waals surface area contributed by atoms with Gasteiger partial charge in [0.25, 0.3) is 0 Å². The number of benzene rings is 1. The molecular formula is C13H16BrN5. The van der Waals surface area contributed by atoms with E-state index in [1.165, 1.54) is 5.56 Å². The number of rotatable bonds is 3. The second kappa shape index (κ2) is 5.54. The first-order valence-corrected chi connectivity index (χ1v) is 6.65. The third-order valence-electron chi connectivity index (χ3n) is 2.77. The molecule has 6 heteroatoms. The maximum absolute atomic E-state index is 5.45. The summed E-state index contributed by atoms with van der Waals surface area (Å²) in [6, 6.07) is 6.10. The van der Waals surface area contributed by atoms with Gasteiger partial charge in [-0.05, 0) is 54.4 Å². The van der Waals surface area contributed by atoms with Crippen LogP contribution in [-0.2, 0) is 0 Å². The summed E-state index contributed by atoms with van der Waals surface area (Å²) in [5, 5.41) is 3.29. The van der Waals surface area contributed by atoms with E-state index in [4.69, 9.17) is 5.84 Å². The molecule has 19 heavy (non-hydrogen) atoms. The van der Waals surface area contributed by atoms with Crippen molar-refractivity contribution >= 4 is 33.3 Å². The van der Waals surface area contributed by atoms with E-state index in [0.29, 0.717) is 11.6 Å². The predicted molar refractivity (Wildman–Crippen MR) is 81.5 cm³/mol. The first-order chi connectivity index (χ1) is 9.01. The summed E-state index contributed by atoms with van der Waals surface area (Å²) in [7, 11) is 0. The van der Waals surface area contributed by atoms with E-state index in [0.717, 1.165) is 21.5 Å². The van der Waals surface area contributed by atoms with E-state index in [2.05, 4.69) is 36.6 Å². The predicted octanol–water partition coefficient (Wildman–Crippen LogP) is 3.19. The number of aryl methyl sites for hydroxylation is 2. The lowest BCUT2D eigenvalue weighted by Crippen LogP contribution is -2.13. The van der Waals surface area contributed by atoms with Crippen LogP contribution in [0.5, 0.6) is 0 Å². The molecule has 0 atom stereocenters. The molecule has 2 aromatic rings. The van der Waals surface area contributed by atoms with Gasteiger partial charge in [-0.25, -0.2) is 15.8 Å². The van der Waals surface area contributed by atoms with Gasteiger partial charge < -0.3 is 10.7 Å². The van der Waals surface area contributed by atoms with Crippen LogP contribution in [0.1, 0.15) is 17.0 Å². The summed E-state index contributed by atoms with van der Waals surface area (Å²) in [4.78, 5) is 8.63. The quantitative estimate of drug-likeness (QED) is 0.598. The Bertz CT molecular complexity index is 612. The molecule has 2 rings (SSSR count). The van der Waals surface area contributed by atoms with E-state index < -0.39 is 0 Å². The lowest BCUT2D eigenvalue weighted by molar-refractivity contribution is 1.03. The molecule has 0 saturated carbocycles. The number of aromatic nitrogens is 2. The normalized spacial score (nSPS) is 10.4. The van der Waals surface area contributed by atoms with Gasteiger partial charge in [0.1, 0.15) is 17.5 Å². The molecule has 4 N–H and O–H groups in total. The van der Waals surface area contributed by atoms with E-state index in [9.17, 15) is 0 Å². The van der Waals surface area contributed by atoms with Gasteiger partial charge in [-0.2, -0.15) is 0 Å². The Morgan fingerprint density at radius 2 is 1.79 bits per heavy atom. The lowest BCUT2D eigenvalue weighted by Gasteiger charge is -2.13. The molecule has 100 valence electrons. The number of nitrogens with zero attached hydrogens (tertiary/aromatic N) is 2. The third kappa shape index (κ3) is 3.02. The van der Waals surface area contributed by atoms with E-state index in [-0.39, 0.29) is 0 Å². The smallest absolute Gasteiger partial charge is 0.148 e. The Morgan fingerprint density at radius 3 is 2.42 bits per heavy atom. The minimum Gasteiger partial charge on any atom is -0.339 e. The number of anilines is 3. The number of nitrogen functional groups attached to an aromatic ring is 1. The van der Waals surface area contributed by atoms with E-state index >= 15 is 0 Å². The molecule has 1 aromatic heterocycles. The van der Waals surface area contributed by atoms with Crippen molar-refractivity contribution in [1.82, 2.24) is 9.97 Å². The highest BCUT2D eigenvalue weighted by molar-refractivity contribution is 9.10. The van der Waals surface area contributed by atoms with Gasteiger partial charge in [-0.1, -0.05) is 6.07 Å². The minimum absolute atomic E-state index is 0.623. The lowest BCUT2D eigenvalue weighted by atomic mass is 10.2. The van der Waals surface area contributed by atoms with Crippen molar-refractivity contribution in [2.75, 3.05) is 10.7 Å². The average Bonchev–Trinajstić information content (AvgIpc) is 2.36. The number of hydrogen-bond donors (Lipinski definition) is 3. The summed E-state index contributed by atoms with van der Waals surface area (Å²) >= 11 is 3.54. The second-order valence-corrected chi connectivity index (χ2v) is 5.20. The van der Waals surface area contributed by atoms with E-state index in [1.54, 1.807) is 0 Å². The summed E-state index contributed by atoms with van der Waals surface area (Å²) in [6.45, 7) is 5.79. The zero-order valence-corrected chi connectivity index (χ0v) is 12.7. The summed E-state index contributed by atoms with van der Waals surface area (Å²) < 4.78 is 0.991. The second-order valence-electron chi connectivity index (χ2n) is 4.35. The molecule has 0 saturated heterocycles. The molecule has 0 aliphatic carbocycles. The van der Waals surface area contributed by atoms with Gasteiger partial charge in [0.05, 0.1) is 5.69 Å². The van der Waals surface area contributed by atoms with Crippen LogP contribution < -0.4 is 16.6 Å². The molecule has 0 unspecified atom stereocenters. The zero-order valence-electron chi connectivity index (χ0n) is 11.1. The van der Waals surface area contributed by atoms with Crippen LogP contribution in [0.25, 0.3) is 0 Å². The van der Waals surface area contributed by atoms with Crippen molar-refractivity contribution in [2.45, 2.75) is 20.8 Å². The first-order valence-electron chi connectivity index (χ1n) is 5.86. The molecule has 0 bridgehead atoms. The molecule has 0 spiro atoms. The van der Waals surface area contributed by atoms with Crippen molar-refractivity contribution in [3.63, 3.8) is 0 Å². The van der Waals surface area contributed by atoms with Crippen LogP contribution in [0.4, 0.5) is 17.3 Å². The molecule has 1 aromatic carbocycles. The number of nitrogens with one attached hydrogen (secondary N) is 2. The number of hydrogen-bond acceptors (Lipinski definition) is 5. The Morgan fingerprint density at radius 1 is 1.11 bits per heavy atom. The maximum Gasteiger partial charge on any atom is 0.148 e. The Balaban J connectivity index is 2.40. The monoisotopic (exact) mass is 321 g/mol. The Kier molecular flexibility index (Phi) is 4.01. The molecule has 0 radical (unpaired) electrons. The first kappa shape index (κ1) is 13.8. The van der Waals surface area contributed by atoms with Gasteiger partial charge in [0.2, 0.25) is 0 Å². The standard InChI is InChI=1S/C13H16BrN5/c1-7-4-5-11(10(14)6-7)18-12-8(2)13(19-15)17-9(3)16-12/h4-6H,15H2,1-3H3,(H2,16,17,18,19). The van der Waals surface area contributed by atoms with Crippen LogP contribution in [0.2, 0.25) is 0 Å². The average molecular weight is 322 g/mol. The molecule has 0 aliphatic heterocycles. The number of halogens is 1. The van der Waals surface area contributed by atoms with Crippen molar-refractivity contribution in [3.05, 3.63) is 39.6 Å². The fourth-order valence-corrected chi connectivity index (χ4v) is 2.33. The van der Waals surface area contributed by atoms with Gasteiger partial charge in [-0.3, -0.25) is 0 Å². The third-order valence-corrected chi connectivity index (χ3v) is 3.43. The van der Waals surface area contributed by atoms with Crippen molar-refractivity contribution < 1.29 is 0 Å². The highest BCUT2D eigenvalue weighted by Crippen LogP contribution is 2.28. The van der Waals surface area contributed by atoms with Crippen LogP contribution in [0.3, 0.4) is 0 Å². The summed E-state index contributed by atoms with van der Waals surface area (Å²) in [6.07, 6.45) is 0. The summed E-state index contributed by atoms with van der Waals surface area (Å²) in [5.74, 6) is 7.48. The molecule has 0 fully saturated rings. The Labute approximate surface area is 120 Å². The number of nitrogens with two attached hydrogens (primary N) is 1. The van der Waals surface area contributed by atoms with Crippen LogP contribution >= 0.6 is 15.9 Å². The Hall–Kier alpha value is -1.66. The SMILES string of the molecule is Cc1ccc(Nc2nc(C)nc(NN)c2C)c(Br)c1. The highest BCUT2D eigenvalue weighted by atomic mass is 79.9. The van der Waals surface area contributed by atoms with Crippen LogP contribution in [-0.4, -0.2) is 9.97 Å². The maximum atomic E-state index is 5.45. The van der Waals surface area contributed by atoms with Crippen molar-refractivity contribution in [2.24, 2.45) is 5.84 Å². The minimum atomic E-state index is 0.623. The summed E-state index contributed by atoms with van der Waals surface area (Å²) in [5.41, 5.74) is 5.60. The van der Waals surface area contributed by atoms with Crippen molar-refractivity contribution in [1.29, 1.82) is 0 Å². The molecule has 5 nitrogen and oxygen atoms in total. The number of hydrazine groups is 1. The molecule has 0 amide bonds. The van der Waals surface area contributed by atoms with Gasteiger partial charge >= 0.3 is 0 Å². The van der Waals surface area contributed by atoms with Crippen LogP contribution in [0.15, 0.2) is 22.7 Å². The topological polar surface area (TPSA) is 75.9 Å². The van der Waals surface area contributed by atoms with Crippen LogP contribution in [0, 0.1) is 20.8 Å². The largest absolute Gasteiger partial charge is 0.339 e. The van der Waals surface area contributed by atoms with Gasteiger partial charge in [0, 0.05) is 10.0 Å². The molecule has 1 heterocycles. The zero-order chi connectivity index (χ0) is 14.0. The fraction of sp³-hybridized carbons (Fsp3) is 0.231. The van der Waals surface area contributed by atoms with E-state index in [1.807, 2.05) is 39.0 Å².